The predicted octanol–water partition coefficient (Wildman–Crippen LogP) is 2.06. The second-order valence-corrected chi connectivity index (χ2v) is 9.14. The average Bonchev–Trinajstić information content (AvgIpc) is 3.38. The number of nitrogens with zero attached hydrogens (tertiary/aromatic N) is 1. The van der Waals surface area contributed by atoms with Crippen molar-refractivity contribution >= 4 is 33.6 Å². The van der Waals surface area contributed by atoms with Gasteiger partial charge in [0.25, 0.3) is 5.91 Å². The van der Waals surface area contributed by atoms with Crippen molar-refractivity contribution in [2.75, 3.05) is 39.2 Å². The van der Waals surface area contributed by atoms with Gasteiger partial charge in [0.2, 0.25) is 10.0 Å². The molecule has 0 atom stereocenters. The number of benzene rings is 2. The molecule has 0 unspecified atom stereocenters. The van der Waals surface area contributed by atoms with Gasteiger partial charge in [-0.25, -0.2) is 18.0 Å². The van der Waals surface area contributed by atoms with Crippen molar-refractivity contribution in [2.45, 2.75) is 17.7 Å². The van der Waals surface area contributed by atoms with E-state index in [9.17, 15) is 22.8 Å². The molecular formula is C22H24N2O8S. The molecule has 1 aliphatic heterocycles. The van der Waals surface area contributed by atoms with Gasteiger partial charge in [0.1, 0.15) is 5.75 Å². The summed E-state index contributed by atoms with van der Waals surface area (Å²) in [6.45, 7) is 0.638. The minimum atomic E-state index is -3.53. The van der Waals surface area contributed by atoms with E-state index in [-0.39, 0.29) is 28.3 Å². The van der Waals surface area contributed by atoms with Crippen LogP contribution in [0.1, 0.15) is 33.6 Å². The molecule has 176 valence electrons. The van der Waals surface area contributed by atoms with E-state index in [4.69, 9.17) is 4.74 Å². The lowest BCUT2D eigenvalue weighted by Crippen LogP contribution is -2.27. The van der Waals surface area contributed by atoms with E-state index in [1.807, 2.05) is 0 Å². The third kappa shape index (κ3) is 5.88. The standard InChI is InChI=1S/C22H24N2O8S/c1-30-21(26)15-11-16(22(27)31-2)13-17(12-15)23-20(25)14-32-18-5-7-19(8-6-18)33(28,29)24-9-3-4-10-24/h5-8,11-13H,3-4,9-10,14H2,1-2H3,(H,23,25). The van der Waals surface area contributed by atoms with Gasteiger partial charge in [0.15, 0.2) is 6.61 Å². The first-order valence-corrected chi connectivity index (χ1v) is 11.5. The van der Waals surface area contributed by atoms with Crippen LogP contribution in [0.15, 0.2) is 47.4 Å². The normalized spacial score (nSPS) is 13.9. The number of amides is 1. The Morgan fingerprint density at radius 2 is 1.45 bits per heavy atom. The van der Waals surface area contributed by atoms with Crippen LogP contribution in [0.4, 0.5) is 5.69 Å². The van der Waals surface area contributed by atoms with Gasteiger partial charge in [0, 0.05) is 18.8 Å². The van der Waals surface area contributed by atoms with Crippen molar-refractivity contribution in [3.8, 4) is 5.75 Å². The van der Waals surface area contributed by atoms with Crippen LogP contribution in [-0.4, -0.2) is 64.5 Å². The number of nitrogens with one attached hydrogen (secondary N) is 1. The quantitative estimate of drug-likeness (QED) is 0.574. The van der Waals surface area contributed by atoms with Gasteiger partial charge >= 0.3 is 11.9 Å². The van der Waals surface area contributed by atoms with Crippen LogP contribution in [0.5, 0.6) is 5.75 Å². The Bertz CT molecular complexity index is 1110. The summed E-state index contributed by atoms with van der Waals surface area (Å²) in [4.78, 5) is 36.2. The van der Waals surface area contributed by atoms with Crippen molar-refractivity contribution in [3.05, 3.63) is 53.6 Å². The van der Waals surface area contributed by atoms with Crippen molar-refractivity contribution in [1.82, 2.24) is 4.31 Å². The molecule has 0 radical (unpaired) electrons. The number of hydrogen-bond acceptors (Lipinski definition) is 8. The molecule has 0 aliphatic carbocycles. The molecule has 2 aromatic rings. The van der Waals surface area contributed by atoms with Crippen LogP contribution in [0, 0.1) is 0 Å². The van der Waals surface area contributed by atoms with E-state index < -0.39 is 27.9 Å². The Hall–Kier alpha value is -3.44. The fourth-order valence-corrected chi connectivity index (χ4v) is 4.82. The summed E-state index contributed by atoms with van der Waals surface area (Å²) in [5, 5.41) is 2.54. The number of sulfonamides is 1. The van der Waals surface area contributed by atoms with Gasteiger partial charge in [-0.1, -0.05) is 0 Å². The van der Waals surface area contributed by atoms with Crippen LogP contribution in [0.25, 0.3) is 0 Å². The largest absolute Gasteiger partial charge is 0.484 e. The molecule has 1 saturated heterocycles. The molecule has 1 aliphatic rings. The third-order valence-corrected chi connectivity index (χ3v) is 6.87. The topological polar surface area (TPSA) is 128 Å². The summed E-state index contributed by atoms with van der Waals surface area (Å²) in [6, 6.07) is 9.82. The molecule has 2 aromatic carbocycles. The molecule has 3 rings (SSSR count). The maximum atomic E-state index is 12.6. The molecular weight excluding hydrogens is 452 g/mol. The zero-order chi connectivity index (χ0) is 24.0. The summed E-state index contributed by atoms with van der Waals surface area (Å²) in [5.41, 5.74) is 0.303. The van der Waals surface area contributed by atoms with Crippen molar-refractivity contribution in [1.29, 1.82) is 0 Å². The van der Waals surface area contributed by atoms with Gasteiger partial charge in [-0.2, -0.15) is 4.31 Å². The molecule has 0 bridgehead atoms. The maximum Gasteiger partial charge on any atom is 0.337 e. The summed E-state index contributed by atoms with van der Waals surface area (Å²) >= 11 is 0. The number of anilines is 1. The second-order valence-electron chi connectivity index (χ2n) is 7.20. The first-order chi connectivity index (χ1) is 15.7. The van der Waals surface area contributed by atoms with Crippen LogP contribution in [0.2, 0.25) is 0 Å². The summed E-state index contributed by atoms with van der Waals surface area (Å²) < 4.78 is 41.3. The van der Waals surface area contributed by atoms with Crippen molar-refractivity contribution in [2.24, 2.45) is 0 Å². The minimum Gasteiger partial charge on any atom is -0.484 e. The Morgan fingerprint density at radius 1 is 0.909 bits per heavy atom. The Morgan fingerprint density at radius 3 is 1.97 bits per heavy atom. The first kappa shape index (κ1) is 24.2. The fourth-order valence-electron chi connectivity index (χ4n) is 3.30. The lowest BCUT2D eigenvalue weighted by Gasteiger charge is -2.15. The summed E-state index contributed by atoms with van der Waals surface area (Å²) in [5.74, 6) is -1.61. The highest BCUT2D eigenvalue weighted by Crippen LogP contribution is 2.23. The van der Waals surface area contributed by atoms with Gasteiger partial charge in [-0.15, -0.1) is 0 Å². The number of carbonyl (C=O) groups is 3. The van der Waals surface area contributed by atoms with E-state index >= 15 is 0 Å². The number of esters is 2. The average molecular weight is 477 g/mol. The first-order valence-electron chi connectivity index (χ1n) is 10.1. The smallest absolute Gasteiger partial charge is 0.337 e. The minimum absolute atomic E-state index is 0.0615. The molecule has 1 fully saturated rings. The number of rotatable bonds is 8. The fraction of sp³-hybridized carbons (Fsp3) is 0.318. The van der Waals surface area contributed by atoms with E-state index in [0.717, 1.165) is 12.8 Å². The number of hydrogen-bond donors (Lipinski definition) is 1. The second kappa shape index (κ2) is 10.5. The van der Waals surface area contributed by atoms with E-state index in [0.29, 0.717) is 18.8 Å². The highest BCUT2D eigenvalue weighted by atomic mass is 32.2. The molecule has 33 heavy (non-hydrogen) atoms. The van der Waals surface area contributed by atoms with E-state index in [2.05, 4.69) is 14.8 Å². The van der Waals surface area contributed by atoms with Crippen LogP contribution >= 0.6 is 0 Å². The maximum absolute atomic E-state index is 12.6. The van der Waals surface area contributed by atoms with Gasteiger partial charge in [-0.3, -0.25) is 4.79 Å². The monoisotopic (exact) mass is 476 g/mol. The molecule has 0 spiro atoms. The van der Waals surface area contributed by atoms with E-state index in [1.165, 1.54) is 61.0 Å². The van der Waals surface area contributed by atoms with Crippen LogP contribution in [-0.2, 0) is 24.3 Å². The molecule has 1 N–H and O–H groups in total. The zero-order valence-corrected chi connectivity index (χ0v) is 19.0. The van der Waals surface area contributed by atoms with E-state index in [1.54, 1.807) is 0 Å². The molecule has 0 saturated carbocycles. The Balaban J connectivity index is 1.64. The summed E-state index contributed by atoms with van der Waals surface area (Å²) in [7, 11) is -1.14. The van der Waals surface area contributed by atoms with Crippen molar-refractivity contribution in [3.63, 3.8) is 0 Å². The lowest BCUT2D eigenvalue weighted by atomic mass is 10.1. The number of methoxy groups -OCH3 is 2. The zero-order valence-electron chi connectivity index (χ0n) is 18.2. The number of ether oxygens (including phenoxy) is 3. The highest BCUT2D eigenvalue weighted by Gasteiger charge is 2.27. The molecule has 1 amide bonds. The van der Waals surface area contributed by atoms with Crippen LogP contribution in [0.3, 0.4) is 0 Å². The Kier molecular flexibility index (Phi) is 7.67. The van der Waals surface area contributed by atoms with Gasteiger partial charge in [0.05, 0.1) is 30.2 Å². The molecule has 10 nitrogen and oxygen atoms in total. The third-order valence-electron chi connectivity index (χ3n) is 4.96. The highest BCUT2D eigenvalue weighted by molar-refractivity contribution is 7.89. The molecule has 1 heterocycles. The molecule has 0 aromatic heterocycles. The molecule has 11 heteroatoms. The summed E-state index contributed by atoms with van der Waals surface area (Å²) in [6.07, 6.45) is 1.69. The lowest BCUT2D eigenvalue weighted by molar-refractivity contribution is -0.118. The Labute approximate surface area is 191 Å². The van der Waals surface area contributed by atoms with Crippen LogP contribution < -0.4 is 10.1 Å². The number of carbonyl (C=O) groups excluding carboxylic acids is 3. The van der Waals surface area contributed by atoms with Crippen molar-refractivity contribution < 1.29 is 37.0 Å². The van der Waals surface area contributed by atoms with Gasteiger partial charge in [-0.05, 0) is 55.3 Å². The van der Waals surface area contributed by atoms with Gasteiger partial charge < -0.3 is 19.5 Å². The SMILES string of the molecule is COC(=O)c1cc(NC(=O)COc2ccc(S(=O)(=O)N3CCCC3)cc2)cc(C(=O)OC)c1. The predicted molar refractivity (Wildman–Crippen MR) is 118 cm³/mol.